The molecule has 3 rings (SSSR count). The molecule has 2 heteroatoms. The molecule has 0 amide bonds. The lowest BCUT2D eigenvalue weighted by Crippen LogP contribution is -2.19. The first-order valence-corrected chi connectivity index (χ1v) is 5.07. The molecule has 0 spiro atoms. The van der Waals surface area contributed by atoms with Crippen molar-refractivity contribution in [3.05, 3.63) is 59.7 Å². The Balaban J connectivity index is 2.20. The molecule has 0 saturated carbocycles. The fourth-order valence-corrected chi connectivity index (χ4v) is 2.13. The molecule has 2 radical (unpaired) electrons. The molecule has 0 aliphatic carbocycles. The van der Waals surface area contributed by atoms with Gasteiger partial charge in [-0.2, -0.15) is 0 Å². The van der Waals surface area contributed by atoms with Crippen LogP contribution < -0.4 is 4.81 Å². The van der Waals surface area contributed by atoms with Gasteiger partial charge in [-0.1, -0.05) is 36.4 Å². The summed E-state index contributed by atoms with van der Waals surface area (Å²) in [5, 5.41) is 0. The molecule has 1 aliphatic rings. The predicted octanol–water partition coefficient (Wildman–Crippen LogP) is 2.81. The van der Waals surface area contributed by atoms with Crippen LogP contribution in [0.25, 0.3) is 0 Å². The van der Waals surface area contributed by atoms with Gasteiger partial charge in [0, 0.05) is 17.8 Å². The summed E-state index contributed by atoms with van der Waals surface area (Å²) in [4.78, 5) is 1.77. The van der Waals surface area contributed by atoms with E-state index < -0.39 is 0 Å². The number of rotatable bonds is 0. The minimum atomic E-state index is 0.972. The minimum absolute atomic E-state index is 0.972. The lowest BCUT2D eigenvalue weighted by molar-refractivity contribution is 1.12. The first-order chi connectivity index (χ1) is 7.36. The Morgan fingerprint density at radius 1 is 0.800 bits per heavy atom. The van der Waals surface area contributed by atoms with Crippen molar-refractivity contribution in [3.63, 3.8) is 0 Å². The van der Waals surface area contributed by atoms with Crippen LogP contribution in [0.15, 0.2) is 48.5 Å². The summed E-state index contributed by atoms with van der Waals surface area (Å²) in [6, 6.07) is 16.5. The molecule has 0 bridgehead atoms. The van der Waals surface area contributed by atoms with E-state index in [0.717, 1.165) is 17.8 Å². The minimum Gasteiger partial charge on any atom is -0.397 e. The summed E-state index contributed by atoms with van der Waals surface area (Å²) in [6.07, 6.45) is 0.972. The maximum atomic E-state index is 6.09. The van der Waals surface area contributed by atoms with Crippen molar-refractivity contribution in [1.29, 1.82) is 0 Å². The molecule has 0 fully saturated rings. The molecule has 0 saturated heterocycles. The monoisotopic (exact) mass is 191 g/mol. The molecule has 1 aliphatic heterocycles. The van der Waals surface area contributed by atoms with E-state index in [1.54, 1.807) is 4.81 Å². The van der Waals surface area contributed by atoms with Crippen LogP contribution in [0.5, 0.6) is 0 Å². The topological polar surface area (TPSA) is 3.24 Å². The molecular weight excluding hydrogens is 181 g/mol. The van der Waals surface area contributed by atoms with Gasteiger partial charge in [-0.05, 0) is 23.3 Å². The SMILES string of the molecule is [B]N1c2ccccc2Cc2ccccc21. The maximum absolute atomic E-state index is 6.09. The number of benzene rings is 2. The molecule has 2 aromatic rings. The molecule has 1 heterocycles. The van der Waals surface area contributed by atoms with Gasteiger partial charge in [0.1, 0.15) is 0 Å². The summed E-state index contributed by atoms with van der Waals surface area (Å²) in [5.74, 6) is 0. The van der Waals surface area contributed by atoms with Crippen LogP contribution >= 0.6 is 0 Å². The molecule has 0 atom stereocenters. The fraction of sp³-hybridized carbons (Fsp3) is 0.0769. The van der Waals surface area contributed by atoms with E-state index in [4.69, 9.17) is 7.98 Å². The van der Waals surface area contributed by atoms with Crippen LogP contribution in [0.1, 0.15) is 11.1 Å². The Morgan fingerprint density at radius 3 is 1.80 bits per heavy atom. The second-order valence-electron chi connectivity index (χ2n) is 3.80. The van der Waals surface area contributed by atoms with Crippen molar-refractivity contribution >= 4 is 19.4 Å². The third kappa shape index (κ3) is 1.25. The smallest absolute Gasteiger partial charge is 0.234 e. The third-order valence-electron chi connectivity index (χ3n) is 2.88. The van der Waals surface area contributed by atoms with Crippen LogP contribution in [-0.2, 0) is 6.42 Å². The maximum Gasteiger partial charge on any atom is 0.234 e. The van der Waals surface area contributed by atoms with E-state index in [2.05, 4.69) is 36.4 Å². The zero-order chi connectivity index (χ0) is 10.3. The first kappa shape index (κ1) is 8.60. The summed E-state index contributed by atoms with van der Waals surface area (Å²) in [6.45, 7) is 0. The molecule has 1 nitrogen and oxygen atoms in total. The zero-order valence-corrected chi connectivity index (χ0v) is 8.35. The van der Waals surface area contributed by atoms with Gasteiger partial charge in [0.2, 0.25) is 7.98 Å². The van der Waals surface area contributed by atoms with E-state index in [9.17, 15) is 0 Å². The number of hydrogen-bond donors (Lipinski definition) is 0. The van der Waals surface area contributed by atoms with Gasteiger partial charge in [0.15, 0.2) is 0 Å². The van der Waals surface area contributed by atoms with Gasteiger partial charge in [0.05, 0.1) is 0 Å². The van der Waals surface area contributed by atoms with Crippen LogP contribution in [0, 0.1) is 0 Å². The Labute approximate surface area is 90.8 Å². The van der Waals surface area contributed by atoms with Gasteiger partial charge < -0.3 is 4.81 Å². The summed E-state index contributed by atoms with van der Waals surface area (Å²) < 4.78 is 0. The highest BCUT2D eigenvalue weighted by Crippen LogP contribution is 2.36. The lowest BCUT2D eigenvalue weighted by atomic mass is 9.93. The Kier molecular flexibility index (Phi) is 1.81. The summed E-state index contributed by atoms with van der Waals surface area (Å²) in [5.41, 5.74) is 4.80. The second kappa shape index (κ2) is 3.16. The van der Waals surface area contributed by atoms with E-state index in [0.29, 0.717) is 0 Å². The average molecular weight is 191 g/mol. The summed E-state index contributed by atoms with van der Waals surface area (Å²) in [7, 11) is 6.09. The molecule has 0 N–H and O–H groups in total. The molecule has 70 valence electrons. The van der Waals surface area contributed by atoms with Gasteiger partial charge in [-0.25, -0.2) is 0 Å². The van der Waals surface area contributed by atoms with Gasteiger partial charge in [0.25, 0.3) is 0 Å². The quantitative estimate of drug-likeness (QED) is 0.578. The molecule has 0 unspecified atom stereocenters. The Morgan fingerprint density at radius 2 is 1.27 bits per heavy atom. The number of hydrogen-bond acceptors (Lipinski definition) is 1. The van der Waals surface area contributed by atoms with E-state index in [-0.39, 0.29) is 0 Å². The van der Waals surface area contributed by atoms with Gasteiger partial charge >= 0.3 is 0 Å². The van der Waals surface area contributed by atoms with Crippen molar-refractivity contribution in [2.45, 2.75) is 6.42 Å². The molecule has 0 aromatic heterocycles. The third-order valence-corrected chi connectivity index (χ3v) is 2.88. The van der Waals surface area contributed by atoms with E-state index in [1.165, 1.54) is 11.1 Å². The van der Waals surface area contributed by atoms with Crippen molar-refractivity contribution < 1.29 is 0 Å². The first-order valence-electron chi connectivity index (χ1n) is 5.07. The van der Waals surface area contributed by atoms with Gasteiger partial charge in [-0.3, -0.25) is 0 Å². The number of anilines is 2. The number of para-hydroxylation sites is 2. The normalized spacial score (nSPS) is 13.2. The molecule has 15 heavy (non-hydrogen) atoms. The zero-order valence-electron chi connectivity index (χ0n) is 8.35. The largest absolute Gasteiger partial charge is 0.397 e. The van der Waals surface area contributed by atoms with Crippen LogP contribution in [0.2, 0.25) is 0 Å². The van der Waals surface area contributed by atoms with Crippen molar-refractivity contribution in [2.75, 3.05) is 4.81 Å². The molecule has 2 aromatic carbocycles. The van der Waals surface area contributed by atoms with Crippen LogP contribution in [0.4, 0.5) is 11.4 Å². The number of nitrogens with zero attached hydrogens (tertiary/aromatic N) is 1. The van der Waals surface area contributed by atoms with E-state index >= 15 is 0 Å². The Hall–Kier alpha value is -1.70. The fourth-order valence-electron chi connectivity index (χ4n) is 2.13. The number of fused-ring (bicyclic) bond motifs is 2. The van der Waals surface area contributed by atoms with Crippen LogP contribution in [0.3, 0.4) is 0 Å². The molecular formula is C13H10BN. The van der Waals surface area contributed by atoms with Crippen LogP contribution in [-0.4, -0.2) is 7.98 Å². The second-order valence-corrected chi connectivity index (χ2v) is 3.80. The predicted molar refractivity (Wildman–Crippen MR) is 63.6 cm³/mol. The summed E-state index contributed by atoms with van der Waals surface area (Å²) >= 11 is 0. The highest BCUT2D eigenvalue weighted by molar-refractivity contribution is 6.23. The highest BCUT2D eigenvalue weighted by atomic mass is 15.1. The van der Waals surface area contributed by atoms with Crippen molar-refractivity contribution in [3.8, 4) is 0 Å². The van der Waals surface area contributed by atoms with Gasteiger partial charge in [-0.15, -0.1) is 0 Å². The Bertz CT molecular complexity index is 462. The van der Waals surface area contributed by atoms with E-state index in [1.807, 2.05) is 12.1 Å². The standard InChI is InChI=1S/C13H10BN/c14-15-12-7-3-1-5-10(12)9-11-6-2-4-8-13(11)15/h1-8H,9H2. The highest BCUT2D eigenvalue weighted by Gasteiger charge is 2.17. The average Bonchev–Trinajstić information content (AvgIpc) is 2.30. The van der Waals surface area contributed by atoms with Crippen molar-refractivity contribution in [2.24, 2.45) is 0 Å². The lowest BCUT2D eigenvalue weighted by Gasteiger charge is -2.30. The van der Waals surface area contributed by atoms with Crippen molar-refractivity contribution in [1.82, 2.24) is 0 Å².